The van der Waals surface area contributed by atoms with E-state index in [2.05, 4.69) is 26.1 Å². The molecular weight excluding hydrogens is 240 g/mol. The summed E-state index contributed by atoms with van der Waals surface area (Å²) >= 11 is 0. The maximum Gasteiger partial charge on any atom is 0.246 e. The van der Waals surface area contributed by atoms with Gasteiger partial charge in [-0.25, -0.2) is 0 Å². The van der Waals surface area contributed by atoms with Gasteiger partial charge in [0.25, 0.3) is 0 Å². The molecule has 0 bridgehead atoms. The number of carbonyl (C=O) groups excluding carboxylic acids is 2. The first kappa shape index (κ1) is 16.0. The van der Waals surface area contributed by atoms with E-state index in [9.17, 15) is 9.59 Å². The van der Waals surface area contributed by atoms with Crippen LogP contribution >= 0.6 is 0 Å². The van der Waals surface area contributed by atoms with E-state index >= 15 is 0 Å². The average Bonchev–Trinajstić information content (AvgIpc) is 2.29. The van der Waals surface area contributed by atoms with Crippen LogP contribution in [0.4, 0.5) is 0 Å². The summed E-state index contributed by atoms with van der Waals surface area (Å²) < 4.78 is 0. The quantitative estimate of drug-likeness (QED) is 0.831. The Hall–Kier alpha value is -1.06. The summed E-state index contributed by atoms with van der Waals surface area (Å²) in [7, 11) is 0. The van der Waals surface area contributed by atoms with Crippen molar-refractivity contribution in [3.05, 3.63) is 0 Å². The molecule has 2 amide bonds. The molecule has 1 heterocycles. The monoisotopic (exact) mass is 268 g/mol. The number of hydrogen-bond donors (Lipinski definition) is 1. The van der Waals surface area contributed by atoms with Crippen molar-refractivity contribution >= 4 is 11.8 Å². The van der Waals surface area contributed by atoms with Gasteiger partial charge in [-0.1, -0.05) is 34.6 Å². The number of piperazine rings is 1. The predicted octanol–water partition coefficient (Wildman–Crippen LogP) is 2.18. The number of rotatable bonds is 5. The number of nitrogens with zero attached hydrogens (tertiary/aromatic N) is 1. The summed E-state index contributed by atoms with van der Waals surface area (Å²) in [6.07, 6.45) is 1.60. The van der Waals surface area contributed by atoms with Crippen molar-refractivity contribution in [1.82, 2.24) is 10.2 Å². The van der Waals surface area contributed by atoms with Crippen LogP contribution in [0.25, 0.3) is 0 Å². The summed E-state index contributed by atoms with van der Waals surface area (Å²) in [4.78, 5) is 26.6. The normalized spacial score (nSPS) is 26.0. The minimum Gasteiger partial charge on any atom is -0.342 e. The second-order valence-corrected chi connectivity index (χ2v) is 6.38. The van der Waals surface area contributed by atoms with Gasteiger partial charge >= 0.3 is 0 Å². The molecule has 0 aliphatic carbocycles. The smallest absolute Gasteiger partial charge is 0.246 e. The molecule has 0 radical (unpaired) electrons. The first-order chi connectivity index (χ1) is 8.79. The number of carbonyl (C=O) groups is 2. The Bertz CT molecular complexity index is 339. The van der Waals surface area contributed by atoms with Crippen LogP contribution in [0.1, 0.15) is 54.4 Å². The highest BCUT2D eigenvalue weighted by molar-refractivity contribution is 5.97. The van der Waals surface area contributed by atoms with Gasteiger partial charge in [-0.3, -0.25) is 9.59 Å². The van der Waals surface area contributed by atoms with Crippen molar-refractivity contribution in [1.29, 1.82) is 0 Å². The molecule has 3 unspecified atom stereocenters. The molecule has 0 spiro atoms. The molecule has 4 heteroatoms. The fourth-order valence-electron chi connectivity index (χ4n) is 2.91. The molecule has 19 heavy (non-hydrogen) atoms. The molecule has 0 aromatic carbocycles. The van der Waals surface area contributed by atoms with Gasteiger partial charge in [0.15, 0.2) is 0 Å². The van der Waals surface area contributed by atoms with Crippen molar-refractivity contribution in [3.63, 3.8) is 0 Å². The van der Waals surface area contributed by atoms with Gasteiger partial charge in [0.1, 0.15) is 12.1 Å². The summed E-state index contributed by atoms with van der Waals surface area (Å²) in [5.41, 5.74) is 0. The van der Waals surface area contributed by atoms with E-state index in [0.29, 0.717) is 12.3 Å². The third kappa shape index (κ3) is 3.48. The van der Waals surface area contributed by atoms with Crippen LogP contribution in [0.5, 0.6) is 0 Å². The summed E-state index contributed by atoms with van der Waals surface area (Å²) in [6.45, 7) is 12.2. The van der Waals surface area contributed by atoms with Gasteiger partial charge in [-0.15, -0.1) is 0 Å². The third-order valence-electron chi connectivity index (χ3n) is 3.80. The van der Waals surface area contributed by atoms with Crippen LogP contribution in [0.3, 0.4) is 0 Å². The Morgan fingerprint density at radius 2 is 1.74 bits per heavy atom. The molecule has 3 atom stereocenters. The Morgan fingerprint density at radius 1 is 1.16 bits per heavy atom. The predicted molar refractivity (Wildman–Crippen MR) is 76.6 cm³/mol. The Kier molecular flexibility index (Phi) is 5.39. The van der Waals surface area contributed by atoms with E-state index in [1.807, 2.05) is 25.7 Å². The van der Waals surface area contributed by atoms with Crippen LogP contribution in [0, 0.1) is 11.8 Å². The lowest BCUT2D eigenvalue weighted by Gasteiger charge is -2.43. The van der Waals surface area contributed by atoms with E-state index in [1.54, 1.807) is 0 Å². The summed E-state index contributed by atoms with van der Waals surface area (Å²) in [5.74, 6) is 0.719. The Morgan fingerprint density at radius 3 is 2.16 bits per heavy atom. The maximum absolute atomic E-state index is 12.6. The number of nitrogens with one attached hydrogen (secondary N) is 1. The second kappa shape index (κ2) is 6.40. The average molecular weight is 268 g/mol. The molecule has 1 fully saturated rings. The standard InChI is InChI=1S/C15H28N2O2/c1-7-12-14(18)16-13(10(4)5)15(19)17(12)11(6)8-9(2)3/h9-13H,7-8H2,1-6H3,(H,16,18). The first-order valence-electron chi connectivity index (χ1n) is 7.42. The van der Waals surface area contributed by atoms with E-state index in [1.165, 1.54) is 0 Å². The molecule has 1 aliphatic rings. The lowest BCUT2D eigenvalue weighted by molar-refractivity contribution is -0.153. The lowest BCUT2D eigenvalue weighted by atomic mass is 9.93. The second-order valence-electron chi connectivity index (χ2n) is 6.38. The van der Waals surface area contributed by atoms with Crippen LogP contribution in [-0.4, -0.2) is 34.8 Å². The summed E-state index contributed by atoms with van der Waals surface area (Å²) in [5, 5.41) is 2.87. The highest BCUT2D eigenvalue weighted by atomic mass is 16.2. The van der Waals surface area contributed by atoms with E-state index in [0.717, 1.165) is 6.42 Å². The zero-order valence-corrected chi connectivity index (χ0v) is 13.1. The molecule has 4 nitrogen and oxygen atoms in total. The van der Waals surface area contributed by atoms with Crippen molar-refractivity contribution in [3.8, 4) is 0 Å². The zero-order chi connectivity index (χ0) is 14.7. The molecule has 1 N–H and O–H groups in total. The lowest BCUT2D eigenvalue weighted by Crippen LogP contribution is -2.66. The van der Waals surface area contributed by atoms with Gasteiger partial charge < -0.3 is 10.2 Å². The van der Waals surface area contributed by atoms with E-state index in [4.69, 9.17) is 0 Å². The molecule has 1 rings (SSSR count). The zero-order valence-electron chi connectivity index (χ0n) is 13.1. The fraction of sp³-hybridized carbons (Fsp3) is 0.867. The molecule has 1 aliphatic heterocycles. The largest absolute Gasteiger partial charge is 0.342 e. The van der Waals surface area contributed by atoms with Gasteiger partial charge in [0, 0.05) is 6.04 Å². The minimum atomic E-state index is -0.370. The van der Waals surface area contributed by atoms with Crippen LogP contribution in [0.15, 0.2) is 0 Å². The van der Waals surface area contributed by atoms with Crippen LogP contribution in [0.2, 0.25) is 0 Å². The molecule has 110 valence electrons. The van der Waals surface area contributed by atoms with Gasteiger partial charge in [0.05, 0.1) is 0 Å². The first-order valence-corrected chi connectivity index (χ1v) is 7.42. The maximum atomic E-state index is 12.6. The topological polar surface area (TPSA) is 49.4 Å². The number of hydrogen-bond acceptors (Lipinski definition) is 2. The van der Waals surface area contributed by atoms with Crippen molar-refractivity contribution in [2.24, 2.45) is 11.8 Å². The Labute approximate surface area is 116 Å². The molecule has 0 saturated carbocycles. The third-order valence-corrected chi connectivity index (χ3v) is 3.80. The van der Waals surface area contributed by atoms with E-state index in [-0.39, 0.29) is 35.9 Å². The minimum absolute atomic E-state index is 0.00333. The van der Waals surface area contributed by atoms with Gasteiger partial charge in [-0.2, -0.15) is 0 Å². The molecular formula is C15H28N2O2. The summed E-state index contributed by atoms with van der Waals surface area (Å²) in [6, 6.07) is -0.564. The van der Waals surface area contributed by atoms with Gasteiger partial charge in [-0.05, 0) is 31.6 Å². The van der Waals surface area contributed by atoms with Crippen molar-refractivity contribution < 1.29 is 9.59 Å². The molecule has 1 saturated heterocycles. The highest BCUT2D eigenvalue weighted by Crippen LogP contribution is 2.23. The number of amides is 2. The molecule has 0 aromatic heterocycles. The van der Waals surface area contributed by atoms with Crippen LogP contribution < -0.4 is 5.32 Å². The fourth-order valence-corrected chi connectivity index (χ4v) is 2.91. The SMILES string of the molecule is CCC1C(=O)NC(C(C)C)C(=O)N1C(C)CC(C)C. The van der Waals surface area contributed by atoms with Crippen molar-refractivity contribution in [2.75, 3.05) is 0 Å². The van der Waals surface area contributed by atoms with Gasteiger partial charge in [0.2, 0.25) is 11.8 Å². The van der Waals surface area contributed by atoms with Crippen LogP contribution in [-0.2, 0) is 9.59 Å². The van der Waals surface area contributed by atoms with Crippen molar-refractivity contribution in [2.45, 2.75) is 72.5 Å². The Balaban J connectivity index is 2.98. The highest BCUT2D eigenvalue weighted by Gasteiger charge is 2.42. The molecule has 0 aromatic rings. The van der Waals surface area contributed by atoms with E-state index < -0.39 is 0 Å².